The summed E-state index contributed by atoms with van der Waals surface area (Å²) < 4.78 is 0. The highest BCUT2D eigenvalue weighted by Gasteiger charge is 2.20. The quantitative estimate of drug-likeness (QED) is 0.851. The zero-order chi connectivity index (χ0) is 13.8. The third-order valence-corrected chi connectivity index (χ3v) is 3.56. The largest absolute Gasteiger partial charge is 0.364 e. The highest BCUT2D eigenvalue weighted by Crippen LogP contribution is 2.23. The van der Waals surface area contributed by atoms with Crippen molar-refractivity contribution in [2.75, 3.05) is 31.6 Å². The first-order chi connectivity index (χ1) is 9.11. The number of likely N-dealkylation sites (N-methyl/N-ethyl adjacent to an activating group) is 1. The molecule has 1 aliphatic rings. The molecule has 1 fully saturated rings. The summed E-state index contributed by atoms with van der Waals surface area (Å²) in [6.45, 7) is 1.95. The standard InChI is InChI=1S/C14H16ClN3O/c1-17(10-14(19)18-6-2-3-7-18)13-8-12(15)5-4-11(13)9-16/h4-5,8H,2-3,6-7,10H2,1H3. The topological polar surface area (TPSA) is 47.3 Å². The van der Waals surface area contributed by atoms with Gasteiger partial charge in [0.05, 0.1) is 17.8 Å². The smallest absolute Gasteiger partial charge is 0.242 e. The van der Waals surface area contributed by atoms with Crippen LogP contribution in [0.15, 0.2) is 18.2 Å². The Labute approximate surface area is 118 Å². The zero-order valence-corrected chi connectivity index (χ0v) is 11.7. The van der Waals surface area contributed by atoms with E-state index in [4.69, 9.17) is 16.9 Å². The SMILES string of the molecule is CN(CC(=O)N1CCCC1)c1cc(Cl)ccc1C#N. The first kappa shape index (κ1) is 13.7. The Morgan fingerprint density at radius 3 is 2.79 bits per heavy atom. The van der Waals surface area contributed by atoms with Gasteiger partial charge in [0.15, 0.2) is 0 Å². The van der Waals surface area contributed by atoms with Gasteiger partial charge in [-0.25, -0.2) is 0 Å². The highest BCUT2D eigenvalue weighted by molar-refractivity contribution is 6.30. The second-order valence-corrected chi connectivity index (χ2v) is 5.15. The molecule has 0 unspecified atom stereocenters. The van der Waals surface area contributed by atoms with Crippen molar-refractivity contribution in [3.63, 3.8) is 0 Å². The monoisotopic (exact) mass is 277 g/mol. The molecular weight excluding hydrogens is 262 g/mol. The van der Waals surface area contributed by atoms with Gasteiger partial charge in [0.25, 0.3) is 0 Å². The van der Waals surface area contributed by atoms with Gasteiger partial charge in [-0.05, 0) is 31.0 Å². The van der Waals surface area contributed by atoms with E-state index < -0.39 is 0 Å². The number of anilines is 1. The normalized spacial score (nSPS) is 14.3. The number of carbonyl (C=O) groups excluding carboxylic acids is 1. The van der Waals surface area contributed by atoms with Crippen molar-refractivity contribution in [3.8, 4) is 6.07 Å². The van der Waals surface area contributed by atoms with Crippen molar-refractivity contribution in [1.29, 1.82) is 5.26 Å². The minimum Gasteiger partial charge on any atom is -0.364 e. The minimum atomic E-state index is 0.101. The van der Waals surface area contributed by atoms with Crippen molar-refractivity contribution >= 4 is 23.2 Å². The molecule has 0 N–H and O–H groups in total. The van der Waals surface area contributed by atoms with Crippen LogP contribution >= 0.6 is 11.6 Å². The molecule has 19 heavy (non-hydrogen) atoms. The maximum atomic E-state index is 12.1. The van der Waals surface area contributed by atoms with E-state index in [2.05, 4.69) is 6.07 Å². The van der Waals surface area contributed by atoms with E-state index in [9.17, 15) is 4.79 Å². The van der Waals surface area contributed by atoms with Gasteiger partial charge in [-0.2, -0.15) is 5.26 Å². The highest BCUT2D eigenvalue weighted by atomic mass is 35.5. The molecule has 0 atom stereocenters. The summed E-state index contributed by atoms with van der Waals surface area (Å²) in [5.41, 5.74) is 1.23. The Morgan fingerprint density at radius 2 is 2.16 bits per heavy atom. The van der Waals surface area contributed by atoms with Crippen LogP contribution in [0.5, 0.6) is 0 Å². The van der Waals surface area contributed by atoms with E-state index >= 15 is 0 Å². The summed E-state index contributed by atoms with van der Waals surface area (Å²) in [5.74, 6) is 0.101. The molecule has 0 spiro atoms. The Morgan fingerprint density at radius 1 is 1.47 bits per heavy atom. The fourth-order valence-corrected chi connectivity index (χ4v) is 2.44. The number of nitrogens with zero attached hydrogens (tertiary/aromatic N) is 3. The van der Waals surface area contributed by atoms with E-state index in [0.29, 0.717) is 16.3 Å². The summed E-state index contributed by atoms with van der Waals surface area (Å²) in [6.07, 6.45) is 2.16. The van der Waals surface area contributed by atoms with Gasteiger partial charge in [-0.15, -0.1) is 0 Å². The van der Waals surface area contributed by atoms with Crippen molar-refractivity contribution < 1.29 is 4.79 Å². The van der Waals surface area contributed by atoms with Crippen LogP contribution in [0, 0.1) is 11.3 Å². The zero-order valence-electron chi connectivity index (χ0n) is 10.9. The number of carbonyl (C=O) groups is 1. The van der Waals surface area contributed by atoms with E-state index in [1.165, 1.54) is 0 Å². The molecule has 2 rings (SSSR count). The van der Waals surface area contributed by atoms with Gasteiger partial charge < -0.3 is 9.80 Å². The van der Waals surface area contributed by atoms with Crippen molar-refractivity contribution in [2.24, 2.45) is 0 Å². The first-order valence-corrected chi connectivity index (χ1v) is 6.68. The van der Waals surface area contributed by atoms with Crippen LogP contribution < -0.4 is 4.90 Å². The maximum Gasteiger partial charge on any atom is 0.242 e. The van der Waals surface area contributed by atoms with Crippen LogP contribution in [0.25, 0.3) is 0 Å². The van der Waals surface area contributed by atoms with Crippen LogP contribution in [0.4, 0.5) is 5.69 Å². The molecule has 1 aromatic carbocycles. The Bertz CT molecular complexity index is 518. The molecule has 1 aliphatic heterocycles. The van der Waals surface area contributed by atoms with Gasteiger partial charge in [0.1, 0.15) is 6.07 Å². The maximum absolute atomic E-state index is 12.1. The van der Waals surface area contributed by atoms with Crippen LogP contribution in [0.3, 0.4) is 0 Å². The van der Waals surface area contributed by atoms with Gasteiger partial charge >= 0.3 is 0 Å². The van der Waals surface area contributed by atoms with Crippen molar-refractivity contribution in [2.45, 2.75) is 12.8 Å². The molecule has 1 aromatic rings. The molecule has 1 saturated heterocycles. The number of nitriles is 1. The molecule has 100 valence electrons. The summed E-state index contributed by atoms with van der Waals surface area (Å²) >= 11 is 5.95. The Hall–Kier alpha value is -1.73. The van der Waals surface area contributed by atoms with Crippen LogP contribution in [-0.2, 0) is 4.79 Å². The number of amides is 1. The molecule has 0 aliphatic carbocycles. The lowest BCUT2D eigenvalue weighted by atomic mass is 10.2. The molecule has 1 amide bonds. The van der Waals surface area contributed by atoms with Gasteiger partial charge in [0.2, 0.25) is 5.91 Å². The molecule has 0 bridgehead atoms. The van der Waals surface area contributed by atoms with Crippen LogP contribution in [-0.4, -0.2) is 37.5 Å². The van der Waals surface area contributed by atoms with Crippen molar-refractivity contribution in [1.82, 2.24) is 4.90 Å². The molecular formula is C14H16ClN3O. The molecule has 1 heterocycles. The molecule has 0 radical (unpaired) electrons. The summed E-state index contributed by atoms with van der Waals surface area (Å²) in [4.78, 5) is 15.7. The second kappa shape index (κ2) is 5.94. The average molecular weight is 278 g/mol. The third kappa shape index (κ3) is 3.18. The lowest BCUT2D eigenvalue weighted by molar-refractivity contribution is -0.128. The molecule has 0 aromatic heterocycles. The van der Waals surface area contributed by atoms with Gasteiger partial charge in [-0.3, -0.25) is 4.79 Å². The Balaban J connectivity index is 2.11. The number of halogens is 1. The number of hydrogen-bond donors (Lipinski definition) is 0. The first-order valence-electron chi connectivity index (χ1n) is 6.30. The minimum absolute atomic E-state index is 0.101. The fourth-order valence-electron chi connectivity index (χ4n) is 2.27. The van der Waals surface area contributed by atoms with Gasteiger partial charge in [-0.1, -0.05) is 11.6 Å². The fraction of sp³-hybridized carbons (Fsp3) is 0.429. The summed E-state index contributed by atoms with van der Waals surface area (Å²) in [6, 6.07) is 7.20. The van der Waals surface area contributed by atoms with Crippen molar-refractivity contribution in [3.05, 3.63) is 28.8 Å². The molecule has 5 heteroatoms. The van der Waals surface area contributed by atoms with Gasteiger partial charge in [0, 0.05) is 25.2 Å². The predicted molar refractivity (Wildman–Crippen MR) is 75.3 cm³/mol. The second-order valence-electron chi connectivity index (χ2n) is 4.72. The number of benzene rings is 1. The average Bonchev–Trinajstić information content (AvgIpc) is 2.92. The van der Waals surface area contributed by atoms with Crippen LogP contribution in [0.1, 0.15) is 18.4 Å². The van der Waals surface area contributed by atoms with E-state index in [1.807, 2.05) is 4.90 Å². The number of likely N-dealkylation sites (tertiary alicyclic amines) is 1. The summed E-state index contributed by atoms with van der Waals surface area (Å²) in [5, 5.41) is 9.65. The van der Waals surface area contributed by atoms with Crippen LogP contribution in [0.2, 0.25) is 5.02 Å². The lowest BCUT2D eigenvalue weighted by Gasteiger charge is -2.23. The third-order valence-electron chi connectivity index (χ3n) is 3.32. The van der Waals surface area contributed by atoms with E-state index in [-0.39, 0.29) is 12.5 Å². The molecule has 0 saturated carbocycles. The predicted octanol–water partition coefficient (Wildman–Crippen LogP) is 2.27. The Kier molecular flexibility index (Phi) is 4.28. The number of rotatable bonds is 3. The number of hydrogen-bond acceptors (Lipinski definition) is 3. The van der Waals surface area contributed by atoms with E-state index in [0.717, 1.165) is 25.9 Å². The molecule has 4 nitrogen and oxygen atoms in total. The summed E-state index contributed by atoms with van der Waals surface area (Å²) in [7, 11) is 1.81. The lowest BCUT2D eigenvalue weighted by Crippen LogP contribution is -2.37. The van der Waals surface area contributed by atoms with E-state index in [1.54, 1.807) is 30.1 Å².